The van der Waals surface area contributed by atoms with Crippen molar-refractivity contribution in [2.75, 3.05) is 5.32 Å². The molecule has 1 amide bonds. The second kappa shape index (κ2) is 9.10. The second-order valence-corrected chi connectivity index (χ2v) is 8.79. The van der Waals surface area contributed by atoms with Crippen LogP contribution in [0.25, 0.3) is 22.5 Å². The van der Waals surface area contributed by atoms with Crippen LogP contribution in [0.1, 0.15) is 29.7 Å². The number of aromatic amines is 1. The summed E-state index contributed by atoms with van der Waals surface area (Å²) < 4.78 is 108. The summed E-state index contributed by atoms with van der Waals surface area (Å²) in [4.78, 5) is 16.4. The van der Waals surface area contributed by atoms with E-state index in [2.05, 4.69) is 30.9 Å². The molecule has 0 atom stereocenters. The van der Waals surface area contributed by atoms with Crippen molar-refractivity contribution < 1.29 is 39.9 Å². The third kappa shape index (κ3) is 4.91. The van der Waals surface area contributed by atoms with Gasteiger partial charge in [-0.1, -0.05) is 6.07 Å². The van der Waals surface area contributed by atoms with Crippen LogP contribution >= 0.6 is 0 Å². The number of tetrazole rings is 1. The summed E-state index contributed by atoms with van der Waals surface area (Å²) in [5.41, 5.74) is -5.03. The number of carbonyl (C=O) groups excluding carboxylic acids is 1. The average molecular weight is 554 g/mol. The predicted octanol–water partition coefficient (Wildman–Crippen LogP) is 5.91. The second-order valence-electron chi connectivity index (χ2n) is 8.79. The van der Waals surface area contributed by atoms with Crippen LogP contribution in [0.15, 0.2) is 48.7 Å². The molecule has 0 spiro atoms. The van der Waals surface area contributed by atoms with Gasteiger partial charge in [-0.05, 0) is 65.2 Å². The van der Waals surface area contributed by atoms with E-state index >= 15 is 4.39 Å². The van der Waals surface area contributed by atoms with Gasteiger partial charge in [0.1, 0.15) is 17.3 Å². The zero-order chi connectivity index (χ0) is 28.2. The Kier molecular flexibility index (Phi) is 6.11. The van der Waals surface area contributed by atoms with Gasteiger partial charge in [0.2, 0.25) is 5.91 Å². The van der Waals surface area contributed by atoms with Crippen molar-refractivity contribution in [3.05, 3.63) is 77.1 Å². The van der Waals surface area contributed by atoms with Crippen molar-refractivity contribution in [2.45, 2.75) is 30.6 Å². The Bertz CT molecular complexity index is 1560. The fourth-order valence-corrected chi connectivity index (χ4v) is 4.25. The zero-order valence-corrected chi connectivity index (χ0v) is 19.3. The van der Waals surface area contributed by atoms with Gasteiger partial charge in [0, 0.05) is 28.6 Å². The number of nitrogens with zero attached hydrogens (tertiary/aromatic N) is 4. The highest BCUT2D eigenvalue weighted by Gasteiger charge is 2.53. The van der Waals surface area contributed by atoms with Crippen molar-refractivity contribution in [3.63, 3.8) is 0 Å². The number of amides is 1. The monoisotopic (exact) mass is 554 g/mol. The van der Waals surface area contributed by atoms with Crippen LogP contribution in [-0.2, 0) is 22.6 Å². The summed E-state index contributed by atoms with van der Waals surface area (Å²) in [5.74, 6) is -3.21. The SMILES string of the molecule is O=C(Nc1cc(F)c(-c2ccnc(C(F)(F)F)c2)c(-c2nnn[nH]2)c1)C1(c2ccc(C(F)(F)F)cc2F)CC1. The molecule has 1 fully saturated rings. The number of pyridine rings is 1. The highest BCUT2D eigenvalue weighted by Crippen LogP contribution is 2.50. The molecule has 0 aliphatic heterocycles. The Labute approximate surface area is 213 Å². The van der Waals surface area contributed by atoms with Gasteiger partial charge in [0.25, 0.3) is 0 Å². The van der Waals surface area contributed by atoms with E-state index in [-0.39, 0.29) is 46.6 Å². The van der Waals surface area contributed by atoms with E-state index < -0.39 is 46.6 Å². The lowest BCUT2D eigenvalue weighted by atomic mass is 9.92. The summed E-state index contributed by atoms with van der Waals surface area (Å²) in [7, 11) is 0. The molecule has 2 N–H and O–H groups in total. The highest BCUT2D eigenvalue weighted by molar-refractivity contribution is 6.02. The van der Waals surface area contributed by atoms with Crippen molar-refractivity contribution in [3.8, 4) is 22.5 Å². The molecule has 2 aromatic carbocycles. The molecular formula is C24H14F8N6O. The number of carbonyl (C=O) groups is 1. The standard InChI is InChI=1S/C24H14F8N6O/c25-16-8-12(23(27,28)29)1-2-15(16)22(4-5-22)21(39)34-13-9-14(20-35-37-38-36-20)19(17(26)10-13)11-3-6-33-18(7-11)24(30,31)32/h1-3,6-10H,4-5H2,(H,34,39)(H,35,36,37,38). The van der Waals surface area contributed by atoms with Gasteiger partial charge in [-0.3, -0.25) is 9.78 Å². The van der Waals surface area contributed by atoms with Gasteiger partial charge in [-0.15, -0.1) is 5.10 Å². The molecule has 0 bridgehead atoms. The summed E-state index contributed by atoms with van der Waals surface area (Å²) in [6.45, 7) is 0. The normalized spacial score (nSPS) is 14.8. The van der Waals surface area contributed by atoms with Crippen LogP contribution in [0, 0.1) is 11.6 Å². The Morgan fingerprint density at radius 2 is 1.67 bits per heavy atom. The lowest BCUT2D eigenvalue weighted by Crippen LogP contribution is -2.29. The van der Waals surface area contributed by atoms with E-state index in [0.717, 1.165) is 24.4 Å². The molecule has 0 saturated heterocycles. The van der Waals surface area contributed by atoms with Crippen molar-refractivity contribution in [1.82, 2.24) is 25.6 Å². The molecule has 2 heterocycles. The number of aromatic nitrogens is 5. The third-order valence-corrected chi connectivity index (χ3v) is 6.28. The van der Waals surface area contributed by atoms with E-state index in [9.17, 15) is 35.5 Å². The number of halogens is 8. The van der Waals surface area contributed by atoms with Gasteiger partial charge in [0.15, 0.2) is 5.82 Å². The minimum absolute atomic E-state index is 0.111. The molecule has 15 heteroatoms. The quantitative estimate of drug-likeness (QED) is 0.299. The number of rotatable bonds is 5. The van der Waals surface area contributed by atoms with Crippen LogP contribution in [0.3, 0.4) is 0 Å². The minimum Gasteiger partial charge on any atom is -0.325 e. The predicted molar refractivity (Wildman–Crippen MR) is 119 cm³/mol. The first-order valence-electron chi connectivity index (χ1n) is 11.1. The van der Waals surface area contributed by atoms with Crippen LogP contribution in [0.4, 0.5) is 40.8 Å². The Morgan fingerprint density at radius 3 is 2.26 bits per heavy atom. The van der Waals surface area contributed by atoms with Gasteiger partial charge in [0.05, 0.1) is 11.0 Å². The Morgan fingerprint density at radius 1 is 0.923 bits per heavy atom. The molecule has 7 nitrogen and oxygen atoms in total. The first-order chi connectivity index (χ1) is 18.3. The fourth-order valence-electron chi connectivity index (χ4n) is 4.25. The van der Waals surface area contributed by atoms with Crippen LogP contribution < -0.4 is 5.32 Å². The molecule has 202 valence electrons. The Balaban J connectivity index is 1.52. The lowest BCUT2D eigenvalue weighted by molar-refractivity contribution is -0.141. The number of H-pyrrole nitrogens is 1. The summed E-state index contributed by atoms with van der Waals surface area (Å²) in [6, 6.07) is 5.68. The van der Waals surface area contributed by atoms with Gasteiger partial charge >= 0.3 is 12.4 Å². The van der Waals surface area contributed by atoms with E-state index in [4.69, 9.17) is 0 Å². The molecular weight excluding hydrogens is 540 g/mol. The number of hydrogen-bond donors (Lipinski definition) is 2. The lowest BCUT2D eigenvalue weighted by Gasteiger charge is -2.19. The molecule has 2 aromatic heterocycles. The molecule has 1 aliphatic carbocycles. The molecule has 1 saturated carbocycles. The number of benzene rings is 2. The van der Waals surface area contributed by atoms with E-state index in [1.165, 1.54) is 6.07 Å². The molecule has 5 rings (SSSR count). The summed E-state index contributed by atoms with van der Waals surface area (Å²) in [6.07, 6.45) is -8.49. The third-order valence-electron chi connectivity index (χ3n) is 6.28. The molecule has 1 aliphatic rings. The topological polar surface area (TPSA) is 96.5 Å². The number of nitrogens with one attached hydrogen (secondary N) is 2. The van der Waals surface area contributed by atoms with E-state index in [0.29, 0.717) is 18.2 Å². The summed E-state index contributed by atoms with van der Waals surface area (Å²) in [5, 5.41) is 15.3. The number of anilines is 1. The molecule has 4 aromatic rings. The van der Waals surface area contributed by atoms with Crippen molar-refractivity contribution in [2.24, 2.45) is 0 Å². The first kappa shape index (κ1) is 26.2. The van der Waals surface area contributed by atoms with Gasteiger partial charge in [-0.25, -0.2) is 13.9 Å². The zero-order valence-electron chi connectivity index (χ0n) is 19.3. The van der Waals surface area contributed by atoms with Crippen LogP contribution in [0.5, 0.6) is 0 Å². The largest absolute Gasteiger partial charge is 0.433 e. The minimum atomic E-state index is -4.81. The first-order valence-corrected chi connectivity index (χ1v) is 11.1. The molecule has 0 radical (unpaired) electrons. The average Bonchev–Trinajstić information content (AvgIpc) is 3.48. The van der Waals surface area contributed by atoms with Gasteiger partial charge < -0.3 is 5.32 Å². The molecule has 0 unspecified atom stereocenters. The van der Waals surface area contributed by atoms with Crippen LogP contribution in [-0.4, -0.2) is 31.5 Å². The van der Waals surface area contributed by atoms with Crippen LogP contribution in [0.2, 0.25) is 0 Å². The smallest absolute Gasteiger partial charge is 0.325 e. The number of hydrogen-bond acceptors (Lipinski definition) is 5. The maximum Gasteiger partial charge on any atom is 0.433 e. The van der Waals surface area contributed by atoms with E-state index in [1.807, 2.05) is 0 Å². The van der Waals surface area contributed by atoms with Gasteiger partial charge in [-0.2, -0.15) is 26.3 Å². The fraction of sp³-hybridized carbons (Fsp3) is 0.208. The van der Waals surface area contributed by atoms with Crippen molar-refractivity contribution in [1.29, 1.82) is 0 Å². The van der Waals surface area contributed by atoms with E-state index in [1.54, 1.807) is 0 Å². The van der Waals surface area contributed by atoms with Crippen molar-refractivity contribution >= 4 is 11.6 Å². The number of alkyl halides is 6. The maximum atomic E-state index is 15.4. The molecule has 39 heavy (non-hydrogen) atoms. The highest BCUT2D eigenvalue weighted by atomic mass is 19.4. The Hall–Kier alpha value is -4.43. The summed E-state index contributed by atoms with van der Waals surface area (Å²) >= 11 is 0. The maximum absolute atomic E-state index is 15.4.